The maximum absolute atomic E-state index is 13.2. The number of carbonyl (C=O) groups excluding carboxylic acids is 1. The van der Waals surface area contributed by atoms with Crippen LogP contribution in [-0.2, 0) is 4.79 Å². The van der Waals surface area contributed by atoms with Gasteiger partial charge in [-0.1, -0.05) is 62.4 Å². The van der Waals surface area contributed by atoms with Crippen LogP contribution < -0.4 is 4.90 Å². The van der Waals surface area contributed by atoms with E-state index in [1.54, 1.807) is 17.0 Å². The zero-order valence-corrected chi connectivity index (χ0v) is 16.3. The van der Waals surface area contributed by atoms with E-state index in [2.05, 4.69) is 18.7 Å². The molecule has 140 valence electrons. The molecular formula is C22H30N2O2. The molecule has 0 bridgehead atoms. The number of likely N-dealkylation sites (N-methyl/N-ethyl adjacent to an activating group) is 1. The summed E-state index contributed by atoms with van der Waals surface area (Å²) < 4.78 is 0. The highest BCUT2D eigenvalue weighted by molar-refractivity contribution is 5.98. The number of benzene rings is 2. The quantitative estimate of drug-likeness (QED) is 0.786. The number of aliphatic hydroxyl groups is 1. The Bertz CT molecular complexity index is 691. The molecule has 0 fully saturated rings. The smallest absolute Gasteiger partial charge is 0.260 e. The van der Waals surface area contributed by atoms with E-state index in [0.29, 0.717) is 12.1 Å². The van der Waals surface area contributed by atoms with Gasteiger partial charge in [0.05, 0.1) is 0 Å². The number of carbonyl (C=O) groups is 1. The number of aliphatic hydroxyl groups excluding tert-OH is 1. The summed E-state index contributed by atoms with van der Waals surface area (Å²) in [5.41, 5.74) is 3.60. The average molecular weight is 354 g/mol. The van der Waals surface area contributed by atoms with E-state index < -0.39 is 6.10 Å². The molecule has 0 saturated carbocycles. The van der Waals surface area contributed by atoms with Gasteiger partial charge in [-0.2, -0.15) is 0 Å². The molecule has 0 heterocycles. The molecule has 0 saturated heterocycles. The molecule has 1 N–H and O–H groups in total. The van der Waals surface area contributed by atoms with E-state index in [1.165, 1.54) is 0 Å². The highest BCUT2D eigenvalue weighted by Gasteiger charge is 2.27. The van der Waals surface area contributed by atoms with E-state index in [-0.39, 0.29) is 5.91 Å². The van der Waals surface area contributed by atoms with Crippen molar-refractivity contribution in [1.82, 2.24) is 4.90 Å². The highest BCUT2D eigenvalue weighted by atomic mass is 16.3. The molecule has 0 radical (unpaired) electrons. The number of hydrogen-bond donors (Lipinski definition) is 1. The van der Waals surface area contributed by atoms with Crippen LogP contribution in [0.5, 0.6) is 0 Å². The highest BCUT2D eigenvalue weighted by Crippen LogP contribution is 2.27. The van der Waals surface area contributed by atoms with Crippen LogP contribution >= 0.6 is 0 Å². The maximum Gasteiger partial charge on any atom is 0.260 e. The lowest BCUT2D eigenvalue weighted by Crippen LogP contribution is -2.42. The fraction of sp³-hybridized carbons (Fsp3) is 0.409. The molecule has 1 unspecified atom stereocenters. The summed E-state index contributed by atoms with van der Waals surface area (Å²) in [6.07, 6.45) is -1.16. The average Bonchev–Trinajstić information content (AvgIpc) is 2.66. The fourth-order valence-electron chi connectivity index (χ4n) is 3.27. The van der Waals surface area contributed by atoms with Gasteiger partial charge >= 0.3 is 0 Å². The summed E-state index contributed by atoms with van der Waals surface area (Å²) >= 11 is 0. The van der Waals surface area contributed by atoms with Crippen LogP contribution in [0, 0.1) is 13.8 Å². The number of anilines is 1. The number of amides is 1. The first-order chi connectivity index (χ1) is 12.5. The van der Waals surface area contributed by atoms with Gasteiger partial charge in [-0.3, -0.25) is 4.79 Å². The van der Waals surface area contributed by atoms with Crippen LogP contribution in [0.2, 0.25) is 0 Å². The lowest BCUT2D eigenvalue weighted by molar-refractivity contribution is -0.127. The van der Waals surface area contributed by atoms with Crippen molar-refractivity contribution in [2.45, 2.75) is 33.8 Å². The Morgan fingerprint density at radius 2 is 1.50 bits per heavy atom. The zero-order chi connectivity index (χ0) is 19.1. The van der Waals surface area contributed by atoms with Gasteiger partial charge in [0, 0.05) is 18.8 Å². The Morgan fingerprint density at radius 3 is 2.04 bits per heavy atom. The van der Waals surface area contributed by atoms with E-state index in [9.17, 15) is 9.90 Å². The van der Waals surface area contributed by atoms with Gasteiger partial charge in [0.1, 0.15) is 0 Å². The molecule has 26 heavy (non-hydrogen) atoms. The van der Waals surface area contributed by atoms with Gasteiger partial charge in [-0.25, -0.2) is 0 Å². The first-order valence-electron chi connectivity index (χ1n) is 9.32. The molecule has 0 spiro atoms. The van der Waals surface area contributed by atoms with Crippen molar-refractivity contribution in [2.75, 3.05) is 31.1 Å². The summed E-state index contributed by atoms with van der Waals surface area (Å²) in [6, 6.07) is 15.1. The van der Waals surface area contributed by atoms with Gasteiger partial charge in [-0.05, 0) is 43.6 Å². The summed E-state index contributed by atoms with van der Waals surface area (Å²) in [5.74, 6) is -0.277. The molecule has 1 amide bonds. The first-order valence-corrected chi connectivity index (χ1v) is 9.32. The van der Waals surface area contributed by atoms with E-state index in [4.69, 9.17) is 0 Å². The Balaban J connectivity index is 2.35. The maximum atomic E-state index is 13.2. The van der Waals surface area contributed by atoms with Gasteiger partial charge in [-0.15, -0.1) is 0 Å². The third-order valence-electron chi connectivity index (χ3n) is 4.86. The summed E-state index contributed by atoms with van der Waals surface area (Å²) in [4.78, 5) is 17.2. The predicted molar refractivity (Wildman–Crippen MR) is 107 cm³/mol. The molecule has 4 nitrogen and oxygen atoms in total. The molecule has 4 heteroatoms. The molecule has 2 rings (SSSR count). The van der Waals surface area contributed by atoms with Gasteiger partial charge in [0.15, 0.2) is 6.10 Å². The number of hydrogen-bond acceptors (Lipinski definition) is 3. The molecular weight excluding hydrogens is 324 g/mol. The van der Waals surface area contributed by atoms with Crippen LogP contribution in [0.1, 0.15) is 36.6 Å². The van der Waals surface area contributed by atoms with Crippen LogP contribution in [0.25, 0.3) is 0 Å². The van der Waals surface area contributed by atoms with Gasteiger partial charge in [0.2, 0.25) is 0 Å². The van der Waals surface area contributed by atoms with Crippen molar-refractivity contribution < 1.29 is 9.90 Å². The second-order valence-corrected chi connectivity index (χ2v) is 6.57. The first kappa shape index (κ1) is 20.1. The lowest BCUT2D eigenvalue weighted by Gasteiger charge is -2.30. The second kappa shape index (κ2) is 9.51. The van der Waals surface area contributed by atoms with Crippen LogP contribution in [0.3, 0.4) is 0 Å². The molecule has 0 aromatic heterocycles. The topological polar surface area (TPSA) is 43.8 Å². The van der Waals surface area contributed by atoms with Crippen LogP contribution in [-0.4, -0.2) is 42.1 Å². The van der Waals surface area contributed by atoms with Crippen molar-refractivity contribution in [3.8, 4) is 0 Å². The minimum absolute atomic E-state index is 0.277. The standard InChI is InChI=1S/C22H30N2O2/c1-5-23(6-2)15-16-24(20-17(3)11-10-12-18(20)4)22(26)21(25)19-13-8-7-9-14-19/h7-14,21,25H,5-6,15-16H2,1-4H3. The molecule has 1 atom stereocenters. The molecule has 2 aromatic rings. The number of rotatable bonds is 8. The number of para-hydroxylation sites is 1. The Morgan fingerprint density at radius 1 is 0.923 bits per heavy atom. The molecule has 0 aliphatic heterocycles. The third kappa shape index (κ3) is 4.71. The van der Waals surface area contributed by atoms with Gasteiger partial charge < -0.3 is 14.9 Å². The van der Waals surface area contributed by atoms with Crippen molar-refractivity contribution in [3.05, 3.63) is 65.2 Å². The monoisotopic (exact) mass is 354 g/mol. The van der Waals surface area contributed by atoms with Crippen molar-refractivity contribution in [2.24, 2.45) is 0 Å². The largest absolute Gasteiger partial charge is 0.378 e. The Labute approximate surface area is 157 Å². The normalized spacial score (nSPS) is 12.2. The van der Waals surface area contributed by atoms with Crippen LogP contribution in [0.15, 0.2) is 48.5 Å². The van der Waals surface area contributed by atoms with E-state index in [0.717, 1.165) is 36.4 Å². The zero-order valence-electron chi connectivity index (χ0n) is 16.3. The minimum Gasteiger partial charge on any atom is -0.378 e. The number of aryl methyl sites for hydroxylation is 2. The second-order valence-electron chi connectivity index (χ2n) is 6.57. The van der Waals surface area contributed by atoms with Crippen LogP contribution in [0.4, 0.5) is 5.69 Å². The molecule has 2 aromatic carbocycles. The Kier molecular flexibility index (Phi) is 7.37. The van der Waals surface area contributed by atoms with E-state index in [1.807, 2.05) is 50.2 Å². The van der Waals surface area contributed by atoms with Crippen molar-refractivity contribution in [3.63, 3.8) is 0 Å². The summed E-state index contributed by atoms with van der Waals surface area (Å²) in [6.45, 7) is 11.5. The predicted octanol–water partition coefficient (Wildman–Crippen LogP) is 3.71. The number of nitrogens with zero attached hydrogens (tertiary/aromatic N) is 2. The molecule has 0 aliphatic carbocycles. The fourth-order valence-corrected chi connectivity index (χ4v) is 3.27. The molecule has 0 aliphatic rings. The van der Waals surface area contributed by atoms with Crippen molar-refractivity contribution in [1.29, 1.82) is 0 Å². The lowest BCUT2D eigenvalue weighted by atomic mass is 10.0. The Hall–Kier alpha value is -2.17. The van der Waals surface area contributed by atoms with Gasteiger partial charge in [0.25, 0.3) is 5.91 Å². The summed E-state index contributed by atoms with van der Waals surface area (Å²) in [7, 11) is 0. The summed E-state index contributed by atoms with van der Waals surface area (Å²) in [5, 5.41) is 10.7. The van der Waals surface area contributed by atoms with E-state index >= 15 is 0 Å². The minimum atomic E-state index is -1.16. The SMILES string of the molecule is CCN(CC)CCN(C(=O)C(O)c1ccccc1)c1c(C)cccc1C. The third-order valence-corrected chi connectivity index (χ3v) is 4.86. The van der Waals surface area contributed by atoms with Crippen molar-refractivity contribution >= 4 is 11.6 Å².